The van der Waals surface area contributed by atoms with E-state index in [1.807, 2.05) is 37.3 Å². The molecule has 154 valence electrons. The summed E-state index contributed by atoms with van der Waals surface area (Å²) in [5.74, 6) is -1.12. The van der Waals surface area contributed by atoms with Gasteiger partial charge in [-0.25, -0.2) is 9.48 Å². The van der Waals surface area contributed by atoms with Crippen LogP contribution in [-0.2, 0) is 13.6 Å². The molecule has 4 rings (SSSR count). The molecule has 0 bridgehead atoms. The Morgan fingerprint density at radius 3 is 2.57 bits per heavy atom. The largest absolute Gasteiger partial charge is 0.477 e. The Morgan fingerprint density at radius 1 is 1.20 bits per heavy atom. The molecule has 0 unspecified atom stereocenters. The summed E-state index contributed by atoms with van der Waals surface area (Å²) in [7, 11) is 1.79. The predicted molar refractivity (Wildman–Crippen MR) is 118 cm³/mol. The molecule has 0 saturated heterocycles. The van der Waals surface area contributed by atoms with E-state index < -0.39 is 5.97 Å². The van der Waals surface area contributed by atoms with Gasteiger partial charge in [-0.2, -0.15) is 0 Å². The van der Waals surface area contributed by atoms with Crippen molar-refractivity contribution < 1.29 is 9.90 Å². The number of para-hydroxylation sites is 1. The molecule has 0 radical (unpaired) electrons. The number of carbonyl (C=O) groups is 1. The minimum absolute atomic E-state index is 0.00126. The highest BCUT2D eigenvalue weighted by molar-refractivity contribution is 6.39. The van der Waals surface area contributed by atoms with Crippen LogP contribution >= 0.6 is 23.2 Å². The Balaban J connectivity index is 1.78. The molecule has 7 nitrogen and oxygen atoms in total. The third-order valence-corrected chi connectivity index (χ3v) is 5.64. The Bertz CT molecular complexity index is 1340. The van der Waals surface area contributed by atoms with Crippen molar-refractivity contribution in [2.45, 2.75) is 13.5 Å². The van der Waals surface area contributed by atoms with Crippen molar-refractivity contribution in [1.82, 2.24) is 14.3 Å². The van der Waals surface area contributed by atoms with E-state index in [9.17, 15) is 14.7 Å². The maximum absolute atomic E-state index is 13.1. The lowest BCUT2D eigenvalue weighted by Crippen LogP contribution is -2.21. The van der Waals surface area contributed by atoms with Gasteiger partial charge in [0.05, 0.1) is 16.4 Å². The van der Waals surface area contributed by atoms with Gasteiger partial charge in [0.1, 0.15) is 11.4 Å². The number of rotatable bonds is 5. The molecule has 0 spiro atoms. The number of nitrogens with zero attached hydrogens (tertiary/aromatic N) is 2. The van der Waals surface area contributed by atoms with Crippen LogP contribution in [0.15, 0.2) is 47.3 Å². The summed E-state index contributed by atoms with van der Waals surface area (Å²) in [6.45, 7) is 1.92. The molecular weight excluding hydrogens is 427 g/mol. The van der Waals surface area contributed by atoms with Crippen LogP contribution in [0.4, 0.5) is 5.69 Å². The smallest absolute Gasteiger partial charge is 0.352 e. The molecule has 2 aromatic heterocycles. The average Bonchev–Trinajstić information content (AvgIpc) is 3.16. The first kappa shape index (κ1) is 20.1. The van der Waals surface area contributed by atoms with Crippen LogP contribution in [0.25, 0.3) is 16.6 Å². The number of aromatic carboxylic acids is 1. The van der Waals surface area contributed by atoms with Crippen molar-refractivity contribution in [3.05, 3.63) is 79.8 Å². The number of hydrogen-bond donors (Lipinski definition) is 3. The van der Waals surface area contributed by atoms with Gasteiger partial charge in [0.2, 0.25) is 0 Å². The van der Waals surface area contributed by atoms with Crippen LogP contribution in [0.5, 0.6) is 0 Å². The topological polar surface area (TPSA) is 92.1 Å². The normalized spacial score (nSPS) is 11.2. The molecule has 30 heavy (non-hydrogen) atoms. The van der Waals surface area contributed by atoms with E-state index >= 15 is 0 Å². The maximum Gasteiger partial charge on any atom is 0.352 e. The van der Waals surface area contributed by atoms with E-state index in [1.165, 1.54) is 0 Å². The number of H-pyrrole nitrogens is 1. The van der Waals surface area contributed by atoms with Gasteiger partial charge in [-0.1, -0.05) is 41.4 Å². The van der Waals surface area contributed by atoms with Crippen molar-refractivity contribution in [3.63, 3.8) is 0 Å². The number of fused-ring (bicyclic) bond motifs is 1. The number of carboxylic acids is 1. The van der Waals surface area contributed by atoms with Gasteiger partial charge >= 0.3 is 5.97 Å². The summed E-state index contributed by atoms with van der Waals surface area (Å²) >= 11 is 12.4. The van der Waals surface area contributed by atoms with Crippen LogP contribution in [0.3, 0.4) is 0 Å². The quantitative estimate of drug-likeness (QED) is 0.419. The highest BCUT2D eigenvalue weighted by atomic mass is 35.5. The third-order valence-electron chi connectivity index (χ3n) is 5.13. The lowest BCUT2D eigenvalue weighted by molar-refractivity contribution is 0.0690. The van der Waals surface area contributed by atoms with Crippen molar-refractivity contribution in [2.75, 3.05) is 5.32 Å². The Labute approximate surface area is 181 Å². The van der Waals surface area contributed by atoms with Gasteiger partial charge in [-0.3, -0.25) is 9.48 Å². The molecule has 4 aromatic rings. The molecule has 0 fully saturated rings. The summed E-state index contributed by atoms with van der Waals surface area (Å²) in [5.41, 5.74) is 2.58. The fourth-order valence-electron chi connectivity index (χ4n) is 3.62. The molecule has 2 aromatic carbocycles. The predicted octanol–water partition coefficient (Wildman–Crippen LogP) is 4.58. The summed E-state index contributed by atoms with van der Waals surface area (Å²) in [5, 5.41) is 14.0. The highest BCUT2D eigenvalue weighted by Gasteiger charge is 2.21. The Kier molecular flexibility index (Phi) is 5.09. The number of hydrogen-bond acceptors (Lipinski definition) is 3. The first-order valence-corrected chi connectivity index (χ1v) is 9.86. The number of aromatic nitrogens is 3. The second kappa shape index (κ2) is 7.59. The van der Waals surface area contributed by atoms with Gasteiger partial charge < -0.3 is 15.4 Å². The van der Waals surface area contributed by atoms with E-state index in [2.05, 4.69) is 10.3 Å². The van der Waals surface area contributed by atoms with Gasteiger partial charge in [0.15, 0.2) is 0 Å². The van der Waals surface area contributed by atoms with Crippen LogP contribution in [0.1, 0.15) is 21.7 Å². The second-order valence-electron chi connectivity index (χ2n) is 6.88. The van der Waals surface area contributed by atoms with E-state index in [4.69, 9.17) is 23.2 Å². The number of carboxylic acid groups (broad SMARTS) is 1. The van der Waals surface area contributed by atoms with Gasteiger partial charge in [-0.05, 0) is 31.2 Å². The molecule has 0 aliphatic heterocycles. The fourth-order valence-corrected chi connectivity index (χ4v) is 4.23. The van der Waals surface area contributed by atoms with Crippen molar-refractivity contribution in [3.8, 4) is 5.69 Å². The number of aromatic amines is 1. The lowest BCUT2D eigenvalue weighted by atomic mass is 10.1. The Hall–Kier alpha value is -3.16. The monoisotopic (exact) mass is 444 g/mol. The van der Waals surface area contributed by atoms with E-state index in [-0.39, 0.29) is 17.8 Å². The summed E-state index contributed by atoms with van der Waals surface area (Å²) in [6, 6.07) is 12.5. The molecule has 3 N–H and O–H groups in total. The van der Waals surface area contributed by atoms with Crippen molar-refractivity contribution in [1.29, 1.82) is 0 Å². The van der Waals surface area contributed by atoms with Crippen LogP contribution in [0.2, 0.25) is 10.0 Å². The van der Waals surface area contributed by atoms with Gasteiger partial charge in [0, 0.05) is 35.1 Å². The SMILES string of the molecule is Cc1c(NCc2c(C(=O)O)[nH]c3cc(Cl)cc(Cl)c23)c(=O)n(-c2ccccc2)n1C. The van der Waals surface area contributed by atoms with E-state index in [0.717, 1.165) is 11.4 Å². The number of benzene rings is 2. The molecule has 0 aliphatic carbocycles. The highest BCUT2D eigenvalue weighted by Crippen LogP contribution is 2.33. The van der Waals surface area contributed by atoms with Crippen molar-refractivity contribution >= 4 is 45.8 Å². The van der Waals surface area contributed by atoms with E-state index in [1.54, 1.807) is 28.5 Å². The lowest BCUT2D eigenvalue weighted by Gasteiger charge is -2.07. The molecule has 0 amide bonds. The standard InChI is InChI=1S/C21H18Cl2N4O3/c1-11-18(20(28)27(26(11)2)13-6-4-3-5-7-13)24-10-14-17-15(23)8-12(22)9-16(17)25-19(14)21(29)30/h3-9,24-25H,10H2,1-2H3,(H,29,30). The zero-order valence-electron chi connectivity index (χ0n) is 16.2. The van der Waals surface area contributed by atoms with Gasteiger partial charge in [0.25, 0.3) is 5.56 Å². The average molecular weight is 445 g/mol. The molecular formula is C21H18Cl2N4O3. The minimum atomic E-state index is -1.12. The molecule has 2 heterocycles. The summed E-state index contributed by atoms with van der Waals surface area (Å²) in [4.78, 5) is 27.7. The zero-order valence-corrected chi connectivity index (χ0v) is 17.7. The molecule has 9 heteroatoms. The second-order valence-corrected chi connectivity index (χ2v) is 7.73. The molecule has 0 atom stereocenters. The molecule has 0 aliphatic rings. The first-order chi connectivity index (χ1) is 14.3. The number of anilines is 1. The minimum Gasteiger partial charge on any atom is -0.477 e. The fraction of sp³-hybridized carbons (Fsp3) is 0.143. The van der Waals surface area contributed by atoms with Crippen LogP contribution in [0, 0.1) is 6.92 Å². The summed E-state index contributed by atoms with van der Waals surface area (Å²) < 4.78 is 3.30. The number of halogens is 2. The third kappa shape index (κ3) is 3.26. The van der Waals surface area contributed by atoms with Crippen LogP contribution in [-0.4, -0.2) is 25.4 Å². The van der Waals surface area contributed by atoms with Crippen LogP contribution < -0.4 is 10.9 Å². The number of nitrogens with one attached hydrogen (secondary N) is 2. The van der Waals surface area contributed by atoms with Gasteiger partial charge in [-0.15, -0.1) is 0 Å². The summed E-state index contributed by atoms with van der Waals surface area (Å²) in [6.07, 6.45) is 0. The maximum atomic E-state index is 13.1. The van der Waals surface area contributed by atoms with E-state index in [0.29, 0.717) is 32.2 Å². The zero-order chi connectivity index (χ0) is 21.6. The Morgan fingerprint density at radius 2 is 1.90 bits per heavy atom. The van der Waals surface area contributed by atoms with Crippen molar-refractivity contribution in [2.24, 2.45) is 7.05 Å². The molecule has 0 saturated carbocycles. The first-order valence-electron chi connectivity index (χ1n) is 9.10.